The molecule has 16 heavy (non-hydrogen) atoms. The average Bonchev–Trinajstić information content (AvgIpc) is 2.29. The number of hydrogen-bond acceptors (Lipinski definition) is 2. The van der Waals surface area contributed by atoms with Crippen LogP contribution in [0.25, 0.3) is 0 Å². The minimum Gasteiger partial charge on any atom is -0.347 e. The van der Waals surface area contributed by atoms with Crippen LogP contribution in [0, 0.1) is 5.92 Å². The molecular formula is C13H26N2O. The van der Waals surface area contributed by atoms with Gasteiger partial charge in [-0.3, -0.25) is 4.79 Å². The van der Waals surface area contributed by atoms with Crippen molar-refractivity contribution >= 4 is 6.41 Å². The van der Waals surface area contributed by atoms with Crippen LogP contribution in [-0.2, 0) is 4.79 Å². The van der Waals surface area contributed by atoms with Gasteiger partial charge in [-0.2, -0.15) is 0 Å². The average molecular weight is 226 g/mol. The Hall–Kier alpha value is -0.570. The lowest BCUT2D eigenvalue weighted by Gasteiger charge is -2.32. The van der Waals surface area contributed by atoms with Crippen LogP contribution < -0.4 is 0 Å². The molecule has 0 saturated heterocycles. The van der Waals surface area contributed by atoms with E-state index in [-0.39, 0.29) is 0 Å². The molecule has 1 aliphatic carbocycles. The van der Waals surface area contributed by atoms with Crippen molar-refractivity contribution in [3.63, 3.8) is 0 Å². The molecule has 1 amide bonds. The Kier molecular flexibility index (Phi) is 5.81. The summed E-state index contributed by atoms with van der Waals surface area (Å²) in [5.41, 5.74) is 0. The molecule has 1 saturated carbocycles. The molecule has 0 aliphatic heterocycles. The molecule has 0 radical (unpaired) electrons. The maximum absolute atomic E-state index is 10.7. The quantitative estimate of drug-likeness (QED) is 0.647. The van der Waals surface area contributed by atoms with Gasteiger partial charge in [0, 0.05) is 19.6 Å². The molecule has 0 heterocycles. The standard InChI is InChI=1S/C13H26N2O/c1-14(2)13(10-15(3)11-16)9-12-7-5-4-6-8-12/h11-13H,4-10H2,1-3H3. The van der Waals surface area contributed by atoms with Crippen molar-refractivity contribution < 1.29 is 4.79 Å². The molecule has 3 nitrogen and oxygen atoms in total. The number of amides is 1. The third-order valence-corrected chi connectivity index (χ3v) is 3.74. The lowest BCUT2D eigenvalue weighted by molar-refractivity contribution is -0.117. The van der Waals surface area contributed by atoms with Crippen molar-refractivity contribution in [1.29, 1.82) is 0 Å². The summed E-state index contributed by atoms with van der Waals surface area (Å²) in [6.07, 6.45) is 9.15. The number of carbonyl (C=O) groups excluding carboxylic acids is 1. The topological polar surface area (TPSA) is 23.6 Å². The van der Waals surface area contributed by atoms with Gasteiger partial charge in [-0.25, -0.2) is 0 Å². The molecule has 1 rings (SSSR count). The Bertz CT molecular complexity index is 200. The molecule has 0 bridgehead atoms. The molecule has 1 aliphatic rings. The maximum Gasteiger partial charge on any atom is 0.209 e. The lowest BCUT2D eigenvalue weighted by atomic mass is 9.84. The highest BCUT2D eigenvalue weighted by Crippen LogP contribution is 2.28. The van der Waals surface area contributed by atoms with Gasteiger partial charge in [0.15, 0.2) is 0 Å². The van der Waals surface area contributed by atoms with Crippen molar-refractivity contribution in [2.75, 3.05) is 27.7 Å². The van der Waals surface area contributed by atoms with Gasteiger partial charge >= 0.3 is 0 Å². The van der Waals surface area contributed by atoms with E-state index in [2.05, 4.69) is 19.0 Å². The summed E-state index contributed by atoms with van der Waals surface area (Å²) in [5.74, 6) is 0.876. The smallest absolute Gasteiger partial charge is 0.209 e. The predicted molar refractivity (Wildman–Crippen MR) is 67.4 cm³/mol. The van der Waals surface area contributed by atoms with Crippen LogP contribution in [-0.4, -0.2) is 49.9 Å². The van der Waals surface area contributed by atoms with Gasteiger partial charge in [0.25, 0.3) is 0 Å². The fourth-order valence-electron chi connectivity index (χ4n) is 2.63. The monoisotopic (exact) mass is 226 g/mol. The number of carbonyl (C=O) groups is 1. The van der Waals surface area contributed by atoms with Crippen LogP contribution >= 0.6 is 0 Å². The zero-order valence-corrected chi connectivity index (χ0v) is 11.0. The summed E-state index contributed by atoms with van der Waals surface area (Å²) in [7, 11) is 6.10. The lowest BCUT2D eigenvalue weighted by Crippen LogP contribution is -2.39. The second-order valence-corrected chi connectivity index (χ2v) is 5.40. The van der Waals surface area contributed by atoms with Crippen molar-refractivity contribution in [3.05, 3.63) is 0 Å². The Balaban J connectivity index is 2.39. The summed E-state index contributed by atoms with van der Waals surface area (Å²) in [4.78, 5) is 14.7. The van der Waals surface area contributed by atoms with Gasteiger partial charge < -0.3 is 9.80 Å². The van der Waals surface area contributed by atoms with E-state index in [9.17, 15) is 4.79 Å². The van der Waals surface area contributed by atoms with E-state index in [1.807, 2.05) is 7.05 Å². The zero-order chi connectivity index (χ0) is 12.0. The molecular weight excluding hydrogens is 200 g/mol. The Morgan fingerprint density at radius 2 is 1.81 bits per heavy atom. The highest BCUT2D eigenvalue weighted by Gasteiger charge is 2.21. The molecule has 94 valence electrons. The summed E-state index contributed by atoms with van der Waals surface area (Å²) in [6, 6.07) is 0.512. The van der Waals surface area contributed by atoms with E-state index in [0.29, 0.717) is 6.04 Å². The minimum atomic E-state index is 0.512. The number of likely N-dealkylation sites (N-methyl/N-ethyl adjacent to an activating group) is 2. The highest BCUT2D eigenvalue weighted by molar-refractivity contribution is 5.46. The third kappa shape index (κ3) is 4.52. The SMILES string of the molecule is CN(C=O)CC(CC1CCCCC1)N(C)C. The van der Waals surface area contributed by atoms with Crippen LogP contribution in [0.2, 0.25) is 0 Å². The molecule has 0 aromatic rings. The van der Waals surface area contributed by atoms with E-state index >= 15 is 0 Å². The second kappa shape index (κ2) is 6.89. The third-order valence-electron chi connectivity index (χ3n) is 3.74. The van der Waals surface area contributed by atoms with Gasteiger partial charge in [0.2, 0.25) is 6.41 Å². The summed E-state index contributed by atoms with van der Waals surface area (Å²) in [6.45, 7) is 0.854. The van der Waals surface area contributed by atoms with Gasteiger partial charge in [0.1, 0.15) is 0 Å². The predicted octanol–water partition coefficient (Wildman–Crippen LogP) is 1.98. The first-order valence-corrected chi connectivity index (χ1v) is 6.45. The first-order chi connectivity index (χ1) is 7.63. The molecule has 0 aromatic heterocycles. The molecule has 3 heteroatoms. The van der Waals surface area contributed by atoms with Gasteiger partial charge in [-0.1, -0.05) is 32.1 Å². The van der Waals surface area contributed by atoms with Crippen LogP contribution in [0.15, 0.2) is 0 Å². The van der Waals surface area contributed by atoms with Gasteiger partial charge in [-0.15, -0.1) is 0 Å². The van der Waals surface area contributed by atoms with Crippen LogP contribution in [0.1, 0.15) is 38.5 Å². The first kappa shape index (κ1) is 13.5. The van der Waals surface area contributed by atoms with E-state index in [0.717, 1.165) is 18.9 Å². The van der Waals surface area contributed by atoms with Crippen LogP contribution in [0.3, 0.4) is 0 Å². The Morgan fingerprint density at radius 3 is 2.31 bits per heavy atom. The van der Waals surface area contributed by atoms with Crippen molar-refractivity contribution in [1.82, 2.24) is 9.80 Å². The fourth-order valence-corrected chi connectivity index (χ4v) is 2.63. The molecule has 0 N–H and O–H groups in total. The molecule has 1 atom stereocenters. The molecule has 0 aromatic carbocycles. The first-order valence-electron chi connectivity index (χ1n) is 6.45. The van der Waals surface area contributed by atoms with E-state index in [1.54, 1.807) is 4.90 Å². The highest BCUT2D eigenvalue weighted by atomic mass is 16.1. The fraction of sp³-hybridized carbons (Fsp3) is 0.923. The van der Waals surface area contributed by atoms with Crippen molar-refractivity contribution in [2.45, 2.75) is 44.6 Å². The summed E-state index contributed by atoms with van der Waals surface area (Å²) >= 11 is 0. The van der Waals surface area contributed by atoms with Crippen LogP contribution in [0.5, 0.6) is 0 Å². The van der Waals surface area contributed by atoms with Crippen molar-refractivity contribution in [3.8, 4) is 0 Å². The summed E-state index contributed by atoms with van der Waals surface area (Å²) < 4.78 is 0. The zero-order valence-electron chi connectivity index (χ0n) is 11.0. The largest absolute Gasteiger partial charge is 0.347 e. The number of hydrogen-bond donors (Lipinski definition) is 0. The van der Waals surface area contributed by atoms with E-state index in [1.165, 1.54) is 38.5 Å². The molecule has 0 spiro atoms. The van der Waals surface area contributed by atoms with Crippen molar-refractivity contribution in [2.24, 2.45) is 5.92 Å². The molecule has 1 fully saturated rings. The number of rotatable bonds is 6. The maximum atomic E-state index is 10.7. The normalized spacial score (nSPS) is 19.8. The van der Waals surface area contributed by atoms with E-state index < -0.39 is 0 Å². The second-order valence-electron chi connectivity index (χ2n) is 5.40. The van der Waals surface area contributed by atoms with Crippen LogP contribution in [0.4, 0.5) is 0 Å². The minimum absolute atomic E-state index is 0.512. The Morgan fingerprint density at radius 1 is 1.19 bits per heavy atom. The van der Waals surface area contributed by atoms with Gasteiger partial charge in [-0.05, 0) is 26.4 Å². The summed E-state index contributed by atoms with van der Waals surface area (Å²) in [5, 5.41) is 0. The number of nitrogens with zero attached hydrogens (tertiary/aromatic N) is 2. The Labute approximate surface area is 99.8 Å². The van der Waals surface area contributed by atoms with E-state index in [4.69, 9.17) is 0 Å². The molecule has 1 unspecified atom stereocenters. The van der Waals surface area contributed by atoms with Gasteiger partial charge in [0.05, 0.1) is 0 Å².